The number of carbonyl (C=O) groups excluding carboxylic acids is 1. The van der Waals surface area contributed by atoms with Crippen molar-refractivity contribution in [1.82, 2.24) is 15.1 Å². The molecule has 1 aliphatic heterocycles. The van der Waals surface area contributed by atoms with Crippen molar-refractivity contribution in [3.05, 3.63) is 33.7 Å². The summed E-state index contributed by atoms with van der Waals surface area (Å²) < 4.78 is 10.8. The number of amides is 1. The van der Waals surface area contributed by atoms with E-state index in [1.165, 1.54) is 35.1 Å². The summed E-state index contributed by atoms with van der Waals surface area (Å²) in [6, 6.07) is 5.18. The topological polar surface area (TPSA) is 114 Å². The molecule has 1 aliphatic rings. The Bertz CT molecular complexity index is 1020. The van der Waals surface area contributed by atoms with E-state index in [-0.39, 0.29) is 18.9 Å². The highest BCUT2D eigenvalue weighted by molar-refractivity contribution is 8.18. The molecular formula is C19H20N4O5S2. The number of thioether (sulfide) groups is 1. The van der Waals surface area contributed by atoms with Crippen LogP contribution >= 0.6 is 23.1 Å². The number of carboxylic acid groups (broad SMARTS) is 1. The van der Waals surface area contributed by atoms with Gasteiger partial charge in [0.15, 0.2) is 16.7 Å². The minimum Gasteiger partial charge on any atom is -0.493 e. The van der Waals surface area contributed by atoms with Gasteiger partial charge in [0.25, 0.3) is 5.91 Å². The first-order chi connectivity index (χ1) is 14.4. The van der Waals surface area contributed by atoms with Gasteiger partial charge in [-0.05, 0) is 42.0 Å². The number of amidine groups is 1. The van der Waals surface area contributed by atoms with Crippen LogP contribution in [0, 0.1) is 0 Å². The molecule has 0 bridgehead atoms. The number of carboxylic acids is 1. The molecule has 1 N–H and O–H groups in total. The molecule has 0 radical (unpaired) electrons. The number of aromatic nitrogens is 2. The Hall–Kier alpha value is -2.92. The SMILES string of the molecule is CCc1nnc(/N=C2/S/C(=C/c3ccc(OCCC(=O)O)c(OC)c3)C(=O)N2C)s1. The van der Waals surface area contributed by atoms with Crippen LogP contribution in [0.4, 0.5) is 5.13 Å². The molecule has 0 unspecified atom stereocenters. The lowest BCUT2D eigenvalue weighted by Crippen LogP contribution is -2.23. The first-order valence-corrected chi connectivity index (χ1v) is 10.7. The van der Waals surface area contributed by atoms with E-state index in [0.29, 0.717) is 26.7 Å². The summed E-state index contributed by atoms with van der Waals surface area (Å²) in [6.07, 6.45) is 2.42. The molecule has 1 aromatic heterocycles. The molecule has 1 fully saturated rings. The van der Waals surface area contributed by atoms with Crippen LogP contribution in [0.5, 0.6) is 11.5 Å². The second kappa shape index (κ2) is 9.72. The monoisotopic (exact) mass is 448 g/mol. The van der Waals surface area contributed by atoms with Gasteiger partial charge in [0, 0.05) is 7.05 Å². The highest BCUT2D eigenvalue weighted by Gasteiger charge is 2.30. The van der Waals surface area contributed by atoms with Gasteiger partial charge in [0.05, 0.1) is 25.0 Å². The molecular weight excluding hydrogens is 428 g/mol. The lowest BCUT2D eigenvalue weighted by Gasteiger charge is -2.10. The molecule has 11 heteroatoms. The van der Waals surface area contributed by atoms with Crippen LogP contribution in [0.2, 0.25) is 0 Å². The molecule has 0 atom stereocenters. The van der Waals surface area contributed by atoms with E-state index >= 15 is 0 Å². The number of rotatable bonds is 8. The number of carbonyl (C=O) groups is 2. The summed E-state index contributed by atoms with van der Waals surface area (Å²) >= 11 is 2.65. The van der Waals surface area contributed by atoms with Crippen LogP contribution in [0.15, 0.2) is 28.1 Å². The Morgan fingerprint density at radius 3 is 2.80 bits per heavy atom. The van der Waals surface area contributed by atoms with Crippen molar-refractivity contribution in [3.8, 4) is 11.5 Å². The van der Waals surface area contributed by atoms with Crippen LogP contribution in [-0.2, 0) is 16.0 Å². The Morgan fingerprint density at radius 2 is 2.13 bits per heavy atom. The zero-order valence-electron chi connectivity index (χ0n) is 16.6. The number of ether oxygens (including phenoxy) is 2. The third kappa shape index (κ3) is 5.16. The number of hydrogen-bond acceptors (Lipinski definition) is 9. The highest BCUT2D eigenvalue weighted by atomic mass is 32.2. The van der Waals surface area contributed by atoms with Gasteiger partial charge in [0.1, 0.15) is 5.01 Å². The van der Waals surface area contributed by atoms with E-state index in [9.17, 15) is 9.59 Å². The summed E-state index contributed by atoms with van der Waals surface area (Å²) in [5.41, 5.74) is 0.743. The molecule has 30 heavy (non-hydrogen) atoms. The van der Waals surface area contributed by atoms with Gasteiger partial charge in [0.2, 0.25) is 5.13 Å². The molecule has 1 amide bonds. The first-order valence-electron chi connectivity index (χ1n) is 9.02. The second-order valence-electron chi connectivity index (χ2n) is 6.10. The fourth-order valence-corrected chi connectivity index (χ4v) is 4.14. The van der Waals surface area contributed by atoms with Crippen molar-refractivity contribution in [1.29, 1.82) is 0 Å². The fraction of sp³-hybridized carbons (Fsp3) is 0.316. The number of aryl methyl sites for hydroxylation is 1. The third-order valence-corrected chi connectivity index (χ3v) is 6.03. The molecule has 0 spiro atoms. The maximum atomic E-state index is 12.6. The minimum atomic E-state index is -0.937. The van der Waals surface area contributed by atoms with Gasteiger partial charge >= 0.3 is 5.97 Å². The molecule has 3 rings (SSSR count). The van der Waals surface area contributed by atoms with Gasteiger partial charge < -0.3 is 14.6 Å². The Morgan fingerprint density at radius 1 is 1.33 bits per heavy atom. The van der Waals surface area contributed by atoms with E-state index in [0.717, 1.165) is 17.0 Å². The Kier molecular flexibility index (Phi) is 7.06. The normalized spacial score (nSPS) is 16.5. The van der Waals surface area contributed by atoms with Crippen molar-refractivity contribution >= 4 is 51.4 Å². The molecule has 0 aliphatic carbocycles. The quantitative estimate of drug-likeness (QED) is 0.613. The summed E-state index contributed by atoms with van der Waals surface area (Å²) in [5, 5.41) is 18.7. The minimum absolute atomic E-state index is 0.0381. The highest BCUT2D eigenvalue weighted by Crippen LogP contribution is 2.35. The number of aliphatic imine (C=N–C) groups is 1. The van der Waals surface area contributed by atoms with Crippen molar-refractivity contribution in [2.75, 3.05) is 20.8 Å². The van der Waals surface area contributed by atoms with E-state index in [2.05, 4.69) is 15.2 Å². The Balaban J connectivity index is 1.78. The second-order valence-corrected chi connectivity index (χ2v) is 8.15. The summed E-state index contributed by atoms with van der Waals surface area (Å²) in [7, 11) is 3.16. The van der Waals surface area contributed by atoms with Crippen LogP contribution in [-0.4, -0.2) is 58.0 Å². The van der Waals surface area contributed by atoms with Crippen molar-refractivity contribution in [2.24, 2.45) is 4.99 Å². The molecule has 9 nitrogen and oxygen atoms in total. The Labute approximate surface area is 181 Å². The molecule has 1 aromatic carbocycles. The van der Waals surface area contributed by atoms with Gasteiger partial charge in [-0.3, -0.25) is 14.5 Å². The first kappa shape index (κ1) is 21.8. The molecule has 2 heterocycles. The maximum Gasteiger partial charge on any atom is 0.306 e. The van der Waals surface area contributed by atoms with Crippen LogP contribution in [0.1, 0.15) is 23.9 Å². The van der Waals surface area contributed by atoms with Crippen molar-refractivity contribution in [3.63, 3.8) is 0 Å². The largest absolute Gasteiger partial charge is 0.493 e. The van der Waals surface area contributed by atoms with Gasteiger partial charge in [-0.15, -0.1) is 10.2 Å². The van der Waals surface area contributed by atoms with Crippen LogP contribution in [0.3, 0.4) is 0 Å². The summed E-state index contributed by atoms with van der Waals surface area (Å²) in [4.78, 5) is 29.7. The average molecular weight is 449 g/mol. The lowest BCUT2D eigenvalue weighted by molar-refractivity contribution is -0.137. The van der Waals surface area contributed by atoms with Crippen molar-refractivity contribution < 1.29 is 24.2 Å². The molecule has 2 aromatic rings. The number of likely N-dealkylation sites (N-methyl/N-ethyl adjacent to an activating group) is 1. The van der Waals surface area contributed by atoms with Gasteiger partial charge in [-0.25, -0.2) is 0 Å². The fourth-order valence-electron chi connectivity index (χ4n) is 2.46. The van der Waals surface area contributed by atoms with Gasteiger partial charge in [-0.1, -0.05) is 24.3 Å². The number of hydrogen-bond donors (Lipinski definition) is 1. The summed E-state index contributed by atoms with van der Waals surface area (Å²) in [5.74, 6) is -0.213. The smallest absolute Gasteiger partial charge is 0.306 e. The van der Waals surface area contributed by atoms with Gasteiger partial charge in [-0.2, -0.15) is 4.99 Å². The molecule has 158 valence electrons. The maximum absolute atomic E-state index is 12.6. The zero-order chi connectivity index (χ0) is 21.7. The predicted molar refractivity (Wildman–Crippen MR) is 115 cm³/mol. The number of aliphatic carboxylic acids is 1. The van der Waals surface area contributed by atoms with E-state index in [4.69, 9.17) is 14.6 Å². The van der Waals surface area contributed by atoms with E-state index < -0.39 is 5.97 Å². The standard InChI is InChI=1S/C19H20N4O5S2/c1-4-15-21-22-18(30-15)20-19-23(2)17(26)14(29-19)10-11-5-6-12(13(9-11)27-3)28-8-7-16(24)25/h5-6,9-10H,4,7-8H2,1-3H3,(H,24,25)/b14-10+,20-19+. The third-order valence-electron chi connectivity index (χ3n) is 4.01. The van der Waals surface area contributed by atoms with Crippen LogP contribution < -0.4 is 9.47 Å². The number of methoxy groups -OCH3 is 1. The zero-order valence-corrected chi connectivity index (χ0v) is 18.2. The number of nitrogens with zero attached hydrogens (tertiary/aromatic N) is 4. The molecule has 1 saturated heterocycles. The van der Waals surface area contributed by atoms with Crippen molar-refractivity contribution in [2.45, 2.75) is 19.8 Å². The lowest BCUT2D eigenvalue weighted by atomic mass is 10.2. The van der Waals surface area contributed by atoms with E-state index in [1.807, 2.05) is 6.92 Å². The van der Waals surface area contributed by atoms with Crippen LogP contribution in [0.25, 0.3) is 6.08 Å². The van der Waals surface area contributed by atoms with E-state index in [1.54, 1.807) is 31.3 Å². The predicted octanol–water partition coefficient (Wildman–Crippen LogP) is 3.20. The number of benzene rings is 1. The summed E-state index contributed by atoms with van der Waals surface area (Å²) in [6.45, 7) is 2.03. The molecule has 0 saturated carbocycles. The average Bonchev–Trinajstić information content (AvgIpc) is 3.29.